The molecule has 0 fully saturated rings. The number of allylic oxidation sites excluding steroid dienone is 1. The summed E-state index contributed by atoms with van der Waals surface area (Å²) in [5.74, 6) is 0. The zero-order valence-corrected chi connectivity index (χ0v) is 11.4. The highest BCUT2D eigenvalue weighted by Crippen LogP contribution is 2.38. The van der Waals surface area contributed by atoms with Gasteiger partial charge in [-0.25, -0.2) is 0 Å². The van der Waals surface area contributed by atoms with Crippen LogP contribution in [0.15, 0.2) is 29.4 Å². The summed E-state index contributed by atoms with van der Waals surface area (Å²) >= 11 is 0. The number of benzene rings is 1. The molecule has 2 rings (SSSR count). The Kier molecular flexibility index (Phi) is 3.16. The second-order valence-electron chi connectivity index (χ2n) is 5.25. The van der Waals surface area contributed by atoms with Gasteiger partial charge in [-0.2, -0.15) is 0 Å². The van der Waals surface area contributed by atoms with Crippen molar-refractivity contribution in [2.24, 2.45) is 5.16 Å². The predicted octanol–water partition coefficient (Wildman–Crippen LogP) is 3.52. The summed E-state index contributed by atoms with van der Waals surface area (Å²) in [7, 11) is 0. The third kappa shape index (κ3) is 2.01. The van der Waals surface area contributed by atoms with Crippen LogP contribution >= 0.6 is 0 Å². The summed E-state index contributed by atoms with van der Waals surface area (Å²) in [6.45, 7) is 9.73. The van der Waals surface area contributed by atoms with Crippen molar-refractivity contribution >= 4 is 17.5 Å². The molecule has 0 saturated heterocycles. The third-order valence-corrected chi connectivity index (χ3v) is 3.52. The number of rotatable bonds is 2. The first-order valence-electron chi connectivity index (χ1n) is 6.28. The van der Waals surface area contributed by atoms with Gasteiger partial charge in [0.1, 0.15) is 0 Å². The van der Waals surface area contributed by atoms with Gasteiger partial charge in [-0.3, -0.25) is 0 Å². The standard InChI is InChI=1S/C15H20N2O/c1-5-17-14-7-6-12(10-16-18)8-13(14)11(2)9-15(17,3)4/h6-10,18H,5H2,1-4H3. The molecule has 3 nitrogen and oxygen atoms in total. The van der Waals surface area contributed by atoms with E-state index in [9.17, 15) is 0 Å². The quantitative estimate of drug-likeness (QED) is 0.491. The predicted molar refractivity (Wildman–Crippen MR) is 76.6 cm³/mol. The van der Waals surface area contributed by atoms with Gasteiger partial charge in [0, 0.05) is 17.8 Å². The summed E-state index contributed by atoms with van der Waals surface area (Å²) in [6, 6.07) is 6.16. The Morgan fingerprint density at radius 3 is 2.72 bits per heavy atom. The molecule has 0 spiro atoms. The number of hydrogen-bond donors (Lipinski definition) is 1. The second kappa shape index (κ2) is 4.48. The van der Waals surface area contributed by atoms with Crippen LogP contribution in [-0.2, 0) is 0 Å². The topological polar surface area (TPSA) is 35.8 Å². The van der Waals surface area contributed by atoms with Crippen LogP contribution in [0.4, 0.5) is 5.69 Å². The molecule has 1 heterocycles. The minimum atomic E-state index is 0.0401. The molecule has 1 aromatic carbocycles. The first-order valence-corrected chi connectivity index (χ1v) is 6.28. The van der Waals surface area contributed by atoms with Crippen LogP contribution in [0, 0.1) is 0 Å². The molecule has 96 valence electrons. The van der Waals surface area contributed by atoms with Crippen molar-refractivity contribution in [2.45, 2.75) is 33.2 Å². The molecule has 3 heteroatoms. The van der Waals surface area contributed by atoms with Crippen molar-refractivity contribution in [1.82, 2.24) is 0 Å². The van der Waals surface area contributed by atoms with Gasteiger partial charge in [-0.1, -0.05) is 17.3 Å². The van der Waals surface area contributed by atoms with Crippen molar-refractivity contribution in [2.75, 3.05) is 11.4 Å². The summed E-state index contributed by atoms with van der Waals surface area (Å²) in [6.07, 6.45) is 3.75. The van der Waals surface area contributed by atoms with Gasteiger partial charge in [-0.05, 0) is 51.0 Å². The number of fused-ring (bicyclic) bond motifs is 1. The van der Waals surface area contributed by atoms with Crippen molar-refractivity contribution in [3.8, 4) is 0 Å². The van der Waals surface area contributed by atoms with Gasteiger partial charge in [0.15, 0.2) is 0 Å². The Bertz CT molecular complexity index is 515. The Labute approximate surface area is 108 Å². The van der Waals surface area contributed by atoms with Crippen LogP contribution in [0.5, 0.6) is 0 Å². The maximum absolute atomic E-state index is 8.62. The van der Waals surface area contributed by atoms with Crippen LogP contribution in [0.1, 0.15) is 38.8 Å². The maximum Gasteiger partial charge on any atom is 0.0734 e. The Morgan fingerprint density at radius 1 is 1.39 bits per heavy atom. The Morgan fingerprint density at radius 2 is 2.11 bits per heavy atom. The van der Waals surface area contributed by atoms with Gasteiger partial charge < -0.3 is 10.1 Å². The monoisotopic (exact) mass is 244 g/mol. The fourth-order valence-electron chi connectivity index (χ4n) is 2.83. The smallest absolute Gasteiger partial charge is 0.0734 e. The lowest BCUT2D eigenvalue weighted by Crippen LogP contribution is -2.44. The van der Waals surface area contributed by atoms with Crippen LogP contribution in [0.25, 0.3) is 5.57 Å². The van der Waals surface area contributed by atoms with E-state index in [1.807, 2.05) is 6.07 Å². The van der Waals surface area contributed by atoms with Gasteiger partial charge in [-0.15, -0.1) is 0 Å². The van der Waals surface area contributed by atoms with Crippen LogP contribution < -0.4 is 4.90 Å². The molecule has 0 bridgehead atoms. The number of anilines is 1. The molecule has 0 radical (unpaired) electrons. The van der Waals surface area contributed by atoms with E-state index in [0.29, 0.717) is 0 Å². The van der Waals surface area contributed by atoms with Crippen molar-refractivity contribution in [3.05, 3.63) is 35.4 Å². The highest BCUT2D eigenvalue weighted by molar-refractivity contribution is 5.87. The average molecular weight is 244 g/mol. The lowest BCUT2D eigenvalue weighted by atomic mass is 9.88. The second-order valence-corrected chi connectivity index (χ2v) is 5.25. The molecule has 0 saturated carbocycles. The van der Waals surface area contributed by atoms with E-state index >= 15 is 0 Å². The summed E-state index contributed by atoms with van der Waals surface area (Å²) in [5.41, 5.74) is 4.69. The van der Waals surface area contributed by atoms with Gasteiger partial charge in [0.05, 0.1) is 11.8 Å². The van der Waals surface area contributed by atoms with Crippen molar-refractivity contribution in [3.63, 3.8) is 0 Å². The SMILES string of the molecule is CCN1c2ccc(C=NO)cc2C(C)=CC1(C)C. The van der Waals surface area contributed by atoms with Crippen LogP contribution in [0.2, 0.25) is 0 Å². The Hall–Kier alpha value is -1.77. The molecule has 0 aliphatic carbocycles. The Balaban J connectivity index is 2.58. The first-order chi connectivity index (χ1) is 8.49. The zero-order valence-electron chi connectivity index (χ0n) is 11.4. The minimum Gasteiger partial charge on any atom is -0.411 e. The summed E-state index contributed by atoms with van der Waals surface area (Å²) < 4.78 is 0. The number of nitrogens with zero attached hydrogens (tertiary/aromatic N) is 2. The maximum atomic E-state index is 8.62. The molecule has 18 heavy (non-hydrogen) atoms. The fourth-order valence-corrected chi connectivity index (χ4v) is 2.83. The van der Waals surface area contributed by atoms with Gasteiger partial charge in [0.25, 0.3) is 0 Å². The highest BCUT2D eigenvalue weighted by Gasteiger charge is 2.29. The molecule has 0 atom stereocenters. The van der Waals surface area contributed by atoms with Gasteiger partial charge in [0.2, 0.25) is 0 Å². The first kappa shape index (κ1) is 12.7. The average Bonchev–Trinajstić information content (AvgIpc) is 2.29. The number of likely N-dealkylation sites (N-methyl/N-ethyl adjacent to an activating group) is 1. The summed E-state index contributed by atoms with van der Waals surface area (Å²) in [4.78, 5) is 2.38. The van der Waals surface area contributed by atoms with Crippen molar-refractivity contribution < 1.29 is 5.21 Å². The van der Waals surface area contributed by atoms with E-state index in [2.05, 4.69) is 56.0 Å². The third-order valence-electron chi connectivity index (χ3n) is 3.52. The van der Waals surface area contributed by atoms with Crippen molar-refractivity contribution in [1.29, 1.82) is 0 Å². The lowest BCUT2D eigenvalue weighted by molar-refractivity contribution is 0.322. The molecule has 1 aliphatic rings. The van der Waals surface area contributed by atoms with Crippen LogP contribution in [0.3, 0.4) is 0 Å². The minimum absolute atomic E-state index is 0.0401. The molecule has 1 aromatic rings. The molecule has 1 aliphatic heterocycles. The van der Waals surface area contributed by atoms with E-state index in [4.69, 9.17) is 5.21 Å². The highest BCUT2D eigenvalue weighted by atomic mass is 16.4. The number of hydrogen-bond acceptors (Lipinski definition) is 3. The van der Waals surface area contributed by atoms with E-state index in [1.165, 1.54) is 23.0 Å². The molecule has 0 unspecified atom stereocenters. The van der Waals surface area contributed by atoms with Gasteiger partial charge >= 0.3 is 0 Å². The molecular formula is C15H20N2O. The van der Waals surface area contributed by atoms with E-state index < -0.39 is 0 Å². The molecule has 1 N–H and O–H groups in total. The van der Waals surface area contributed by atoms with E-state index in [-0.39, 0.29) is 5.54 Å². The van der Waals surface area contributed by atoms with Crippen LogP contribution in [-0.4, -0.2) is 23.5 Å². The normalized spacial score (nSPS) is 17.8. The molecule has 0 amide bonds. The summed E-state index contributed by atoms with van der Waals surface area (Å²) in [5, 5.41) is 11.7. The lowest BCUT2D eigenvalue weighted by Gasteiger charge is -2.42. The fraction of sp³-hybridized carbons (Fsp3) is 0.400. The number of oxime groups is 1. The van der Waals surface area contributed by atoms with E-state index in [0.717, 1.165) is 12.1 Å². The molecular weight excluding hydrogens is 224 g/mol. The largest absolute Gasteiger partial charge is 0.411 e. The zero-order chi connectivity index (χ0) is 13.3. The molecule has 0 aromatic heterocycles. The van der Waals surface area contributed by atoms with E-state index in [1.54, 1.807) is 0 Å².